The fourth-order valence-corrected chi connectivity index (χ4v) is 2.27. The molecule has 0 radical (unpaired) electrons. The van der Waals surface area contributed by atoms with E-state index in [2.05, 4.69) is 6.92 Å². The first kappa shape index (κ1) is 13.8. The molecule has 0 saturated heterocycles. The summed E-state index contributed by atoms with van der Waals surface area (Å²) in [4.78, 5) is 13.4. The molecule has 104 valence electrons. The molecule has 1 aliphatic rings. The van der Waals surface area contributed by atoms with Crippen molar-refractivity contribution in [1.82, 2.24) is 0 Å². The molecule has 1 atom stereocenters. The number of rotatable bonds is 5. The van der Waals surface area contributed by atoms with Gasteiger partial charge < -0.3 is 20.5 Å². The second kappa shape index (κ2) is 6.04. The van der Waals surface area contributed by atoms with Crippen molar-refractivity contribution in [2.75, 3.05) is 24.7 Å². The molecule has 1 aliphatic heterocycles. The zero-order valence-corrected chi connectivity index (χ0v) is 11.1. The first-order valence-electron chi connectivity index (χ1n) is 6.61. The van der Waals surface area contributed by atoms with E-state index in [1.54, 1.807) is 4.90 Å². The Labute approximate surface area is 113 Å². The molecule has 1 aromatic rings. The van der Waals surface area contributed by atoms with Gasteiger partial charge in [-0.1, -0.05) is 19.4 Å². The standard InChI is InChI=1S/C14H20N2O3/c1-2-3-11(15)10-4-5-13-12(8-10)16(6-7-17)14(18)9-19-13/h4-5,8,11,17H,2-3,6-7,9,15H2,1H3. The van der Waals surface area contributed by atoms with Gasteiger partial charge in [-0.15, -0.1) is 0 Å². The fraction of sp³-hybridized carbons (Fsp3) is 0.500. The Kier molecular flexibility index (Phi) is 4.39. The Balaban J connectivity index is 2.32. The van der Waals surface area contributed by atoms with Crippen molar-refractivity contribution >= 4 is 11.6 Å². The summed E-state index contributed by atoms with van der Waals surface area (Å²) >= 11 is 0. The van der Waals surface area contributed by atoms with Crippen molar-refractivity contribution in [3.8, 4) is 5.75 Å². The number of hydrogen-bond donors (Lipinski definition) is 2. The first-order valence-corrected chi connectivity index (χ1v) is 6.61. The molecular formula is C14H20N2O3. The van der Waals surface area contributed by atoms with Crippen LogP contribution >= 0.6 is 0 Å². The average molecular weight is 264 g/mol. The van der Waals surface area contributed by atoms with Gasteiger partial charge in [0.2, 0.25) is 0 Å². The maximum absolute atomic E-state index is 11.8. The Morgan fingerprint density at radius 3 is 3.00 bits per heavy atom. The van der Waals surface area contributed by atoms with E-state index in [1.165, 1.54) is 0 Å². The minimum Gasteiger partial charge on any atom is -0.482 e. The van der Waals surface area contributed by atoms with Crippen molar-refractivity contribution in [1.29, 1.82) is 0 Å². The van der Waals surface area contributed by atoms with Gasteiger partial charge in [-0.05, 0) is 24.1 Å². The number of nitrogens with two attached hydrogens (primary N) is 1. The third-order valence-corrected chi connectivity index (χ3v) is 3.28. The molecule has 0 bridgehead atoms. The molecule has 3 N–H and O–H groups in total. The van der Waals surface area contributed by atoms with Crippen LogP contribution in [0.2, 0.25) is 0 Å². The molecule has 0 aliphatic carbocycles. The third-order valence-electron chi connectivity index (χ3n) is 3.28. The quantitative estimate of drug-likeness (QED) is 0.838. The van der Waals surface area contributed by atoms with E-state index >= 15 is 0 Å². The number of carbonyl (C=O) groups is 1. The predicted molar refractivity (Wildman–Crippen MR) is 73.2 cm³/mol. The highest BCUT2D eigenvalue weighted by molar-refractivity contribution is 5.97. The lowest BCUT2D eigenvalue weighted by molar-refractivity contribution is -0.121. The molecule has 2 rings (SSSR count). The van der Waals surface area contributed by atoms with Crippen LogP contribution in [-0.2, 0) is 4.79 Å². The largest absolute Gasteiger partial charge is 0.482 e. The van der Waals surface area contributed by atoms with Crippen molar-refractivity contribution in [2.24, 2.45) is 5.73 Å². The summed E-state index contributed by atoms with van der Waals surface area (Å²) in [5, 5.41) is 9.07. The van der Waals surface area contributed by atoms with Crippen LogP contribution in [0.3, 0.4) is 0 Å². The SMILES string of the molecule is CCCC(N)c1ccc2c(c1)N(CCO)C(=O)CO2. The van der Waals surface area contributed by atoms with Gasteiger partial charge in [0.25, 0.3) is 5.91 Å². The fourth-order valence-electron chi connectivity index (χ4n) is 2.27. The van der Waals surface area contributed by atoms with Crippen LogP contribution < -0.4 is 15.4 Å². The van der Waals surface area contributed by atoms with Crippen molar-refractivity contribution < 1.29 is 14.6 Å². The molecule has 1 aromatic carbocycles. The van der Waals surface area contributed by atoms with Crippen LogP contribution in [0.25, 0.3) is 0 Å². The van der Waals surface area contributed by atoms with E-state index in [-0.39, 0.29) is 31.7 Å². The Morgan fingerprint density at radius 1 is 1.53 bits per heavy atom. The molecule has 1 unspecified atom stereocenters. The summed E-state index contributed by atoms with van der Waals surface area (Å²) in [6.07, 6.45) is 1.90. The van der Waals surface area contributed by atoms with E-state index in [0.717, 1.165) is 18.4 Å². The summed E-state index contributed by atoms with van der Waals surface area (Å²) in [6.45, 7) is 2.31. The predicted octanol–water partition coefficient (Wildman–Crippen LogP) is 1.20. The van der Waals surface area contributed by atoms with Crippen LogP contribution in [0, 0.1) is 0 Å². The third kappa shape index (κ3) is 2.88. The molecular weight excluding hydrogens is 244 g/mol. The minimum atomic E-state index is -0.136. The summed E-state index contributed by atoms with van der Waals surface area (Å²) in [6, 6.07) is 5.63. The lowest BCUT2D eigenvalue weighted by Gasteiger charge is -2.29. The molecule has 5 nitrogen and oxygen atoms in total. The molecule has 0 fully saturated rings. The minimum absolute atomic E-state index is 0.0212. The monoisotopic (exact) mass is 264 g/mol. The maximum Gasteiger partial charge on any atom is 0.265 e. The first-order chi connectivity index (χ1) is 9.17. The summed E-state index contributed by atoms with van der Waals surface area (Å²) < 4.78 is 5.39. The molecule has 1 heterocycles. The van der Waals surface area contributed by atoms with Gasteiger partial charge in [0.1, 0.15) is 5.75 Å². The number of aliphatic hydroxyl groups excluding tert-OH is 1. The van der Waals surface area contributed by atoms with Crippen LogP contribution in [0.15, 0.2) is 18.2 Å². The number of carbonyl (C=O) groups excluding carboxylic acids is 1. The second-order valence-electron chi connectivity index (χ2n) is 4.68. The molecule has 19 heavy (non-hydrogen) atoms. The van der Waals surface area contributed by atoms with Crippen molar-refractivity contribution in [3.05, 3.63) is 23.8 Å². The van der Waals surface area contributed by atoms with Gasteiger partial charge in [0.15, 0.2) is 6.61 Å². The van der Waals surface area contributed by atoms with E-state index in [0.29, 0.717) is 11.4 Å². The summed E-state index contributed by atoms with van der Waals surface area (Å²) in [5.74, 6) is 0.531. The van der Waals surface area contributed by atoms with Crippen molar-refractivity contribution in [3.63, 3.8) is 0 Å². The van der Waals surface area contributed by atoms with Crippen LogP contribution in [0.5, 0.6) is 5.75 Å². The highest BCUT2D eigenvalue weighted by Gasteiger charge is 2.25. The highest BCUT2D eigenvalue weighted by Crippen LogP contribution is 2.34. The highest BCUT2D eigenvalue weighted by atomic mass is 16.5. The molecule has 0 spiro atoms. The van der Waals surface area contributed by atoms with E-state index in [9.17, 15) is 4.79 Å². The van der Waals surface area contributed by atoms with Gasteiger partial charge in [0, 0.05) is 12.6 Å². The molecule has 5 heteroatoms. The van der Waals surface area contributed by atoms with Gasteiger partial charge >= 0.3 is 0 Å². The van der Waals surface area contributed by atoms with E-state index in [4.69, 9.17) is 15.6 Å². The number of aliphatic hydroxyl groups is 1. The Bertz CT molecular complexity index is 462. The van der Waals surface area contributed by atoms with Crippen molar-refractivity contribution in [2.45, 2.75) is 25.8 Å². The topological polar surface area (TPSA) is 75.8 Å². The lowest BCUT2D eigenvalue weighted by atomic mass is 10.0. The van der Waals surface area contributed by atoms with Gasteiger partial charge in [-0.3, -0.25) is 4.79 Å². The van der Waals surface area contributed by atoms with Crippen LogP contribution in [-0.4, -0.2) is 30.8 Å². The molecule has 0 saturated carbocycles. The van der Waals surface area contributed by atoms with E-state index < -0.39 is 0 Å². The second-order valence-corrected chi connectivity index (χ2v) is 4.68. The molecule has 0 aromatic heterocycles. The van der Waals surface area contributed by atoms with Gasteiger partial charge in [-0.2, -0.15) is 0 Å². The number of ether oxygens (including phenoxy) is 1. The normalized spacial score (nSPS) is 15.9. The average Bonchev–Trinajstić information content (AvgIpc) is 2.42. The number of amides is 1. The van der Waals surface area contributed by atoms with Crippen LogP contribution in [0.1, 0.15) is 31.4 Å². The number of nitrogens with zero attached hydrogens (tertiary/aromatic N) is 1. The van der Waals surface area contributed by atoms with Crippen LogP contribution in [0.4, 0.5) is 5.69 Å². The number of fused-ring (bicyclic) bond motifs is 1. The number of β-amino-alcohol motifs (C(OH)–C–C–N with tert-alkyl or cyclic N) is 1. The zero-order valence-electron chi connectivity index (χ0n) is 11.1. The zero-order chi connectivity index (χ0) is 13.8. The Hall–Kier alpha value is -1.59. The summed E-state index contributed by atoms with van der Waals surface area (Å²) in [7, 11) is 0. The lowest BCUT2D eigenvalue weighted by Crippen LogP contribution is -2.40. The smallest absolute Gasteiger partial charge is 0.265 e. The van der Waals surface area contributed by atoms with E-state index in [1.807, 2.05) is 18.2 Å². The summed E-state index contributed by atoms with van der Waals surface area (Å²) in [5.41, 5.74) is 7.79. The van der Waals surface area contributed by atoms with Gasteiger partial charge in [-0.25, -0.2) is 0 Å². The maximum atomic E-state index is 11.8. The molecule has 1 amide bonds. The number of benzene rings is 1. The Morgan fingerprint density at radius 2 is 2.32 bits per heavy atom. The van der Waals surface area contributed by atoms with Gasteiger partial charge in [0.05, 0.1) is 12.3 Å². The number of anilines is 1. The number of hydrogen-bond acceptors (Lipinski definition) is 4.